The number of carbonyl (C=O) groups is 2. The number of anilines is 1. The van der Waals surface area contributed by atoms with E-state index >= 15 is 0 Å². The molecule has 1 heterocycles. The van der Waals surface area contributed by atoms with Crippen LogP contribution in [0.15, 0.2) is 54.6 Å². The van der Waals surface area contributed by atoms with Crippen LogP contribution in [0, 0.1) is 6.92 Å². The van der Waals surface area contributed by atoms with Crippen molar-refractivity contribution in [2.24, 2.45) is 0 Å². The lowest BCUT2D eigenvalue weighted by atomic mass is 10.2. The number of rotatable bonds is 6. The molecule has 7 nitrogen and oxygen atoms in total. The number of nitrogens with one attached hydrogen (secondary N) is 1. The van der Waals surface area contributed by atoms with Crippen molar-refractivity contribution in [3.63, 3.8) is 0 Å². The van der Waals surface area contributed by atoms with E-state index in [1.54, 1.807) is 67.1 Å². The van der Waals surface area contributed by atoms with Gasteiger partial charge >= 0.3 is 5.97 Å². The van der Waals surface area contributed by atoms with Gasteiger partial charge < -0.3 is 10.1 Å². The molecule has 0 aliphatic heterocycles. The van der Waals surface area contributed by atoms with E-state index in [1.165, 1.54) is 6.08 Å². The summed E-state index contributed by atoms with van der Waals surface area (Å²) < 4.78 is 6.40. The number of hydrogen-bond donors (Lipinski definition) is 1. The topological polar surface area (TPSA) is 86.1 Å². The maximum Gasteiger partial charge on any atom is 0.330 e. The van der Waals surface area contributed by atoms with Crippen molar-refractivity contribution in [2.75, 3.05) is 11.9 Å². The largest absolute Gasteiger partial charge is 0.463 e. The Bertz CT molecular complexity index is 1060. The Balaban J connectivity index is 1.70. The first-order valence-corrected chi connectivity index (χ1v) is 9.30. The molecule has 148 valence electrons. The zero-order valence-electron chi connectivity index (χ0n) is 15.9. The van der Waals surface area contributed by atoms with Gasteiger partial charge in [-0.3, -0.25) is 4.79 Å². The molecular weight excluding hydrogens is 392 g/mol. The Morgan fingerprint density at radius 1 is 1.21 bits per heavy atom. The highest BCUT2D eigenvalue weighted by Gasteiger charge is 2.17. The zero-order valence-corrected chi connectivity index (χ0v) is 16.7. The number of aromatic nitrogens is 3. The Morgan fingerprint density at radius 3 is 2.66 bits per heavy atom. The average molecular weight is 411 g/mol. The second kappa shape index (κ2) is 9.16. The molecule has 29 heavy (non-hydrogen) atoms. The predicted molar refractivity (Wildman–Crippen MR) is 111 cm³/mol. The van der Waals surface area contributed by atoms with Gasteiger partial charge in [0, 0.05) is 16.8 Å². The molecule has 0 aliphatic rings. The average Bonchev–Trinajstić information content (AvgIpc) is 3.09. The van der Waals surface area contributed by atoms with E-state index in [-0.39, 0.29) is 11.6 Å². The minimum absolute atomic E-state index is 0.219. The second-order valence-electron chi connectivity index (χ2n) is 6.08. The van der Waals surface area contributed by atoms with E-state index in [1.807, 2.05) is 6.07 Å². The zero-order chi connectivity index (χ0) is 20.8. The van der Waals surface area contributed by atoms with Crippen LogP contribution in [0.25, 0.3) is 11.8 Å². The molecule has 1 N–H and O–H groups in total. The highest BCUT2D eigenvalue weighted by molar-refractivity contribution is 6.30. The van der Waals surface area contributed by atoms with Crippen molar-refractivity contribution in [3.8, 4) is 5.69 Å². The van der Waals surface area contributed by atoms with E-state index in [0.717, 1.165) is 11.3 Å². The lowest BCUT2D eigenvalue weighted by molar-refractivity contribution is -0.137. The molecule has 8 heteroatoms. The summed E-state index contributed by atoms with van der Waals surface area (Å²) in [6, 6.07) is 14.2. The molecule has 3 rings (SSSR count). The van der Waals surface area contributed by atoms with Crippen molar-refractivity contribution in [1.29, 1.82) is 0 Å². The predicted octanol–water partition coefficient (Wildman–Crippen LogP) is 4.06. The normalized spacial score (nSPS) is 10.9. The van der Waals surface area contributed by atoms with Crippen molar-refractivity contribution in [3.05, 3.63) is 76.6 Å². The quantitative estimate of drug-likeness (QED) is 0.489. The molecule has 0 saturated heterocycles. The van der Waals surface area contributed by atoms with E-state index in [4.69, 9.17) is 16.3 Å². The standard InChI is InChI=1S/C21H19ClN4O3/c1-3-29-19(27)12-9-15-7-10-17(11-8-15)23-21(28)20-14(2)26(25-24-20)18-6-4-5-16(22)13-18/h4-13H,3H2,1-2H3,(H,23,28)/b12-9+. The van der Waals surface area contributed by atoms with Gasteiger partial charge in [0.05, 0.1) is 18.0 Å². The lowest BCUT2D eigenvalue weighted by Gasteiger charge is -2.06. The van der Waals surface area contributed by atoms with Gasteiger partial charge in [0.2, 0.25) is 0 Å². The molecule has 0 atom stereocenters. The van der Waals surface area contributed by atoms with Crippen LogP contribution in [0.1, 0.15) is 28.7 Å². The van der Waals surface area contributed by atoms with Crippen molar-refractivity contribution >= 4 is 35.2 Å². The Kier molecular flexibility index (Phi) is 6.41. The molecule has 3 aromatic rings. The highest BCUT2D eigenvalue weighted by Crippen LogP contribution is 2.18. The summed E-state index contributed by atoms with van der Waals surface area (Å²) in [7, 11) is 0. The van der Waals surface area contributed by atoms with Crippen LogP contribution in [-0.4, -0.2) is 33.5 Å². The number of esters is 1. The molecule has 1 amide bonds. The molecule has 2 aromatic carbocycles. The Hall–Kier alpha value is -3.45. The van der Waals surface area contributed by atoms with Crippen LogP contribution in [0.3, 0.4) is 0 Å². The first-order valence-electron chi connectivity index (χ1n) is 8.92. The Labute approximate surface area is 172 Å². The third kappa shape index (κ3) is 5.08. The van der Waals surface area contributed by atoms with Gasteiger partial charge in [0.1, 0.15) is 0 Å². The van der Waals surface area contributed by atoms with Gasteiger partial charge in [-0.1, -0.05) is 35.0 Å². The monoisotopic (exact) mass is 410 g/mol. The maximum atomic E-state index is 12.6. The number of ether oxygens (including phenoxy) is 1. The molecular formula is C21H19ClN4O3. The molecule has 0 saturated carbocycles. The minimum Gasteiger partial charge on any atom is -0.463 e. The SMILES string of the molecule is CCOC(=O)/C=C/c1ccc(NC(=O)c2nnn(-c3cccc(Cl)c3)c2C)cc1. The van der Waals surface area contributed by atoms with Crippen molar-refractivity contribution in [1.82, 2.24) is 15.0 Å². The number of hydrogen-bond acceptors (Lipinski definition) is 5. The summed E-state index contributed by atoms with van der Waals surface area (Å²) in [5.74, 6) is -0.770. The molecule has 0 unspecified atom stereocenters. The molecule has 0 bridgehead atoms. The fourth-order valence-corrected chi connectivity index (χ4v) is 2.80. The van der Waals surface area contributed by atoms with Gasteiger partial charge in [-0.2, -0.15) is 0 Å². The van der Waals surface area contributed by atoms with Gasteiger partial charge in [0.15, 0.2) is 5.69 Å². The van der Waals surface area contributed by atoms with Crippen LogP contribution in [-0.2, 0) is 9.53 Å². The summed E-state index contributed by atoms with van der Waals surface area (Å²) in [6.07, 6.45) is 3.00. The summed E-state index contributed by atoms with van der Waals surface area (Å²) in [4.78, 5) is 23.9. The minimum atomic E-state index is -0.400. The molecule has 1 aromatic heterocycles. The molecule has 0 spiro atoms. The highest BCUT2D eigenvalue weighted by atomic mass is 35.5. The van der Waals surface area contributed by atoms with Crippen LogP contribution in [0.2, 0.25) is 5.02 Å². The third-order valence-corrected chi connectivity index (χ3v) is 4.26. The smallest absolute Gasteiger partial charge is 0.330 e. The number of halogens is 1. The molecule has 0 radical (unpaired) electrons. The number of benzene rings is 2. The molecule has 0 aliphatic carbocycles. The van der Waals surface area contributed by atoms with Crippen LogP contribution < -0.4 is 5.32 Å². The summed E-state index contributed by atoms with van der Waals surface area (Å²) in [6.45, 7) is 3.84. The number of nitrogens with zero attached hydrogens (tertiary/aromatic N) is 3. The van der Waals surface area contributed by atoms with Gasteiger partial charge in [0.25, 0.3) is 5.91 Å². The van der Waals surface area contributed by atoms with Crippen LogP contribution in [0.5, 0.6) is 0 Å². The molecule has 0 fully saturated rings. The van der Waals surface area contributed by atoms with Crippen molar-refractivity contribution < 1.29 is 14.3 Å². The summed E-state index contributed by atoms with van der Waals surface area (Å²) in [5.41, 5.74) is 2.94. The van der Waals surface area contributed by atoms with Gasteiger partial charge in [-0.05, 0) is 55.8 Å². The Morgan fingerprint density at radius 2 is 1.97 bits per heavy atom. The van der Waals surface area contributed by atoms with E-state index in [0.29, 0.717) is 23.0 Å². The van der Waals surface area contributed by atoms with E-state index < -0.39 is 5.97 Å². The number of carbonyl (C=O) groups excluding carboxylic acids is 2. The second-order valence-corrected chi connectivity index (χ2v) is 6.51. The fourth-order valence-electron chi connectivity index (χ4n) is 2.61. The number of amides is 1. The third-order valence-electron chi connectivity index (χ3n) is 4.03. The van der Waals surface area contributed by atoms with Gasteiger partial charge in [-0.25, -0.2) is 9.48 Å². The van der Waals surface area contributed by atoms with Gasteiger partial charge in [-0.15, -0.1) is 5.10 Å². The first-order chi connectivity index (χ1) is 14.0. The van der Waals surface area contributed by atoms with E-state index in [2.05, 4.69) is 15.6 Å². The van der Waals surface area contributed by atoms with E-state index in [9.17, 15) is 9.59 Å². The van der Waals surface area contributed by atoms with Crippen LogP contribution in [0.4, 0.5) is 5.69 Å². The first kappa shape index (κ1) is 20.3. The lowest BCUT2D eigenvalue weighted by Crippen LogP contribution is -2.14. The summed E-state index contributed by atoms with van der Waals surface area (Å²) >= 11 is 6.02. The summed E-state index contributed by atoms with van der Waals surface area (Å²) in [5, 5.41) is 11.4. The van der Waals surface area contributed by atoms with Crippen LogP contribution >= 0.6 is 11.6 Å². The maximum absolute atomic E-state index is 12.6. The fraction of sp³-hybridized carbons (Fsp3) is 0.143. The van der Waals surface area contributed by atoms with Crippen molar-refractivity contribution in [2.45, 2.75) is 13.8 Å².